The SMILES string of the molecule is Cc1sc2c(c1C)C(c1ccc(Cl)cc1)=N[C@@H](CC(=O)NC[C@H]1NC(=O)CNC(=O)[C@@H](C)NC(=O)[C@@H]3C[C@@H](O)CN3C(=O)[C@H](C(C)(C)C)NC(=O)CSC[C@H](C(N)=O)NC1=O)c1nnc(C)n1-2. The normalized spacial score (nSPS) is 24.8. The molecule has 3 aliphatic rings. The first-order chi connectivity index (χ1) is 31.5. The second-order valence-corrected chi connectivity index (χ2v) is 20.4. The summed E-state index contributed by atoms with van der Waals surface area (Å²) in [6.07, 6.45) is -1.46. The van der Waals surface area contributed by atoms with Crippen molar-refractivity contribution in [3.63, 3.8) is 0 Å². The number of nitrogens with one attached hydrogen (secondary N) is 6. The van der Waals surface area contributed by atoms with Gasteiger partial charge in [0, 0.05) is 46.3 Å². The maximum absolute atomic E-state index is 13.9. The van der Waals surface area contributed by atoms with E-state index in [9.17, 15) is 43.5 Å². The van der Waals surface area contributed by atoms with Gasteiger partial charge >= 0.3 is 0 Å². The molecule has 2 saturated heterocycles. The molecule has 9 N–H and O–H groups in total. The Morgan fingerprint density at radius 2 is 1.66 bits per heavy atom. The van der Waals surface area contributed by atoms with Crippen LogP contribution in [0, 0.1) is 26.2 Å². The van der Waals surface area contributed by atoms with Gasteiger partial charge in [-0.2, -0.15) is 0 Å². The minimum atomic E-state index is -1.53. The number of thiophene rings is 1. The molecule has 0 bridgehead atoms. The van der Waals surface area contributed by atoms with Gasteiger partial charge in [-0.15, -0.1) is 33.3 Å². The fraction of sp³-hybridized carbons (Fsp3) is 0.512. The van der Waals surface area contributed by atoms with Crippen molar-refractivity contribution >= 4 is 87.7 Å². The fourth-order valence-electron chi connectivity index (χ4n) is 7.81. The van der Waals surface area contributed by atoms with Crippen LogP contribution in [-0.2, 0) is 38.4 Å². The van der Waals surface area contributed by atoms with Crippen LogP contribution in [-0.4, -0.2) is 145 Å². The molecule has 7 atom stereocenters. The van der Waals surface area contributed by atoms with Gasteiger partial charge in [-0.1, -0.05) is 44.5 Å². The molecule has 0 unspecified atom stereocenters. The van der Waals surface area contributed by atoms with E-state index in [1.165, 1.54) is 18.3 Å². The molecule has 0 spiro atoms. The summed E-state index contributed by atoms with van der Waals surface area (Å²) in [7, 11) is 0. The molecule has 360 valence electrons. The van der Waals surface area contributed by atoms with E-state index < -0.39 is 108 Å². The van der Waals surface area contributed by atoms with Gasteiger partial charge in [-0.05, 0) is 50.8 Å². The Labute approximate surface area is 399 Å². The molecule has 1 aromatic carbocycles. The van der Waals surface area contributed by atoms with Crippen molar-refractivity contribution < 1.29 is 43.5 Å². The number of rotatable bonds is 6. The van der Waals surface area contributed by atoms with Gasteiger partial charge in [0.25, 0.3) is 0 Å². The van der Waals surface area contributed by atoms with Crippen molar-refractivity contribution in [2.75, 3.05) is 31.1 Å². The summed E-state index contributed by atoms with van der Waals surface area (Å²) in [4.78, 5) is 115. The van der Waals surface area contributed by atoms with Crippen molar-refractivity contribution in [3.8, 4) is 5.00 Å². The van der Waals surface area contributed by atoms with Crippen molar-refractivity contribution in [2.45, 2.75) is 104 Å². The first kappa shape index (κ1) is 50.5. The molecule has 5 heterocycles. The second kappa shape index (κ2) is 20.9. The Morgan fingerprint density at radius 1 is 0.955 bits per heavy atom. The summed E-state index contributed by atoms with van der Waals surface area (Å²) in [5, 5.41) is 35.9. The summed E-state index contributed by atoms with van der Waals surface area (Å²) >= 11 is 8.71. The molecule has 0 radical (unpaired) electrons. The van der Waals surface area contributed by atoms with Crippen molar-refractivity contribution in [2.24, 2.45) is 16.1 Å². The first-order valence-corrected chi connectivity index (χ1v) is 23.8. The third kappa shape index (κ3) is 11.8. The van der Waals surface area contributed by atoms with Gasteiger partial charge in [0.05, 0.1) is 30.5 Å². The average molecular weight is 984 g/mol. The summed E-state index contributed by atoms with van der Waals surface area (Å²) in [5.41, 5.74) is 8.02. The minimum Gasteiger partial charge on any atom is -0.391 e. The molecule has 2 aromatic heterocycles. The molecule has 2 fully saturated rings. The average Bonchev–Trinajstić information content (AvgIpc) is 3.91. The van der Waals surface area contributed by atoms with Gasteiger partial charge in [0.15, 0.2) is 5.82 Å². The monoisotopic (exact) mass is 982 g/mol. The zero-order valence-corrected chi connectivity index (χ0v) is 40.4. The fourth-order valence-corrected chi connectivity index (χ4v) is 10.0. The molecule has 21 nitrogen and oxygen atoms in total. The predicted octanol–water partition coefficient (Wildman–Crippen LogP) is -0.379. The number of nitrogens with zero attached hydrogens (tertiary/aromatic N) is 5. The van der Waals surface area contributed by atoms with E-state index in [2.05, 4.69) is 42.1 Å². The number of carbonyl (C=O) groups is 8. The number of aliphatic hydroxyl groups excluding tert-OH is 1. The van der Waals surface area contributed by atoms with Gasteiger partial charge < -0.3 is 47.6 Å². The maximum Gasteiger partial charge on any atom is 0.246 e. The standard InChI is InChI=1S/C43H55ClN12O9S2/c1-19-21(3)67-42-33(19)34(23-8-10-24(44)11-9-23)50-26(37-54-53-22(4)56(37)42)13-30(58)46-14-27-39(63)51-28(36(45)61)17-66-18-32(60)52-35(43(5,6)7)41(65)55-16-25(57)12-29(55)40(64)48-20(2)38(62)47-15-31(59)49-27/h8-11,20,25-29,35,57H,12-18H2,1-7H3,(H2,45,61)(H,46,58)(H,47,62)(H,48,64)(H,49,59)(H,51,63)(H,52,60)/t20-,25-,26+,27-,28-,29+,35-/m1/s1. The third-order valence-corrected chi connectivity index (χ3v) is 14.0. The zero-order chi connectivity index (χ0) is 49.1. The number of aliphatic hydroxyl groups is 1. The smallest absolute Gasteiger partial charge is 0.246 e. The topological polar surface area (TPSA) is 301 Å². The maximum atomic E-state index is 13.9. The summed E-state index contributed by atoms with van der Waals surface area (Å²) < 4.78 is 1.87. The highest BCUT2D eigenvalue weighted by Gasteiger charge is 2.45. The van der Waals surface area contributed by atoms with Crippen LogP contribution in [0.5, 0.6) is 0 Å². The van der Waals surface area contributed by atoms with E-state index >= 15 is 0 Å². The highest BCUT2D eigenvalue weighted by molar-refractivity contribution is 8.00. The van der Waals surface area contributed by atoms with Crippen LogP contribution < -0.4 is 37.6 Å². The Hall–Kier alpha value is -5.91. The number of hydrogen-bond donors (Lipinski definition) is 8. The number of aliphatic imine (C=N–C) groups is 1. The Kier molecular flexibility index (Phi) is 15.8. The lowest BCUT2D eigenvalue weighted by Crippen LogP contribution is -2.59. The van der Waals surface area contributed by atoms with E-state index in [1.54, 1.807) is 39.8 Å². The number of carbonyl (C=O) groups excluding carboxylic acids is 8. The molecule has 3 aromatic rings. The minimum absolute atomic E-state index is 0.128. The third-order valence-electron chi connectivity index (χ3n) is 11.5. The van der Waals surface area contributed by atoms with E-state index in [1.807, 2.05) is 30.5 Å². The predicted molar refractivity (Wildman–Crippen MR) is 249 cm³/mol. The lowest BCUT2D eigenvalue weighted by molar-refractivity contribution is -0.144. The summed E-state index contributed by atoms with van der Waals surface area (Å²) in [5.74, 6) is -5.64. The van der Waals surface area contributed by atoms with Crippen LogP contribution >= 0.6 is 34.7 Å². The number of amides is 8. The van der Waals surface area contributed by atoms with Crippen LogP contribution in [0.3, 0.4) is 0 Å². The number of nitrogens with two attached hydrogens (primary N) is 1. The van der Waals surface area contributed by atoms with Crippen molar-refractivity contribution in [1.82, 2.24) is 51.6 Å². The zero-order valence-electron chi connectivity index (χ0n) is 38.0. The quantitative estimate of drug-likeness (QED) is 0.157. The number of thioether (sulfide) groups is 1. The van der Waals surface area contributed by atoms with Gasteiger partial charge in [-0.3, -0.25) is 47.9 Å². The van der Waals surface area contributed by atoms with E-state index in [0.29, 0.717) is 22.4 Å². The van der Waals surface area contributed by atoms with E-state index in [4.69, 9.17) is 22.3 Å². The van der Waals surface area contributed by atoms with E-state index in [0.717, 1.165) is 43.2 Å². The van der Waals surface area contributed by atoms with Crippen molar-refractivity contribution in [1.29, 1.82) is 0 Å². The number of hydrogen-bond acceptors (Lipinski definition) is 14. The lowest BCUT2D eigenvalue weighted by atomic mass is 9.85. The van der Waals surface area contributed by atoms with Crippen LogP contribution in [0.2, 0.25) is 5.02 Å². The molecule has 24 heteroatoms. The first-order valence-electron chi connectivity index (χ1n) is 21.5. The molecule has 0 saturated carbocycles. The summed E-state index contributed by atoms with van der Waals surface area (Å²) in [6, 6.07) is -0.165. The molecule has 3 aliphatic heterocycles. The van der Waals surface area contributed by atoms with Gasteiger partial charge in [0.1, 0.15) is 47.1 Å². The van der Waals surface area contributed by atoms with Crippen LogP contribution in [0.1, 0.15) is 79.8 Å². The number of aryl methyl sites for hydroxylation is 2. The van der Waals surface area contributed by atoms with Crippen LogP contribution in [0.4, 0.5) is 0 Å². The van der Waals surface area contributed by atoms with E-state index in [-0.39, 0.29) is 30.9 Å². The molecular weight excluding hydrogens is 928 g/mol. The number of fused-ring (bicyclic) bond motifs is 4. The Bertz CT molecular complexity index is 2490. The van der Waals surface area contributed by atoms with Crippen LogP contribution in [0.15, 0.2) is 29.3 Å². The van der Waals surface area contributed by atoms with Gasteiger partial charge in [-0.25, -0.2) is 0 Å². The van der Waals surface area contributed by atoms with Crippen molar-refractivity contribution in [3.05, 3.63) is 62.5 Å². The summed E-state index contributed by atoms with van der Waals surface area (Å²) in [6.45, 7) is 10.9. The largest absolute Gasteiger partial charge is 0.391 e. The molecule has 67 heavy (non-hydrogen) atoms. The highest BCUT2D eigenvalue weighted by Crippen LogP contribution is 2.39. The number of halogens is 1. The molecule has 0 aliphatic carbocycles. The Morgan fingerprint density at radius 3 is 2.33 bits per heavy atom. The van der Waals surface area contributed by atoms with Gasteiger partial charge in [0.2, 0.25) is 47.3 Å². The molecule has 6 rings (SSSR count). The Balaban J connectivity index is 1.23. The second-order valence-electron chi connectivity index (χ2n) is 17.7. The number of primary amides is 1. The lowest BCUT2D eigenvalue weighted by Gasteiger charge is -2.35. The van der Waals surface area contributed by atoms with Crippen LogP contribution in [0.25, 0.3) is 5.00 Å². The number of aromatic nitrogens is 3. The molecular formula is C43H55ClN12O9S2. The molecule has 8 amide bonds. The number of benzene rings is 1. The highest BCUT2D eigenvalue weighted by atomic mass is 35.5.